The van der Waals surface area contributed by atoms with Gasteiger partial charge in [0.25, 0.3) is 0 Å². The van der Waals surface area contributed by atoms with Crippen LogP contribution in [-0.2, 0) is 15.6 Å². The van der Waals surface area contributed by atoms with Crippen LogP contribution in [0.4, 0.5) is 5.13 Å². The molecule has 1 atom stereocenters. The van der Waals surface area contributed by atoms with E-state index in [1.807, 2.05) is 26.2 Å². The lowest BCUT2D eigenvalue weighted by molar-refractivity contribution is 0.166. The molecule has 6 nitrogen and oxygen atoms in total. The van der Waals surface area contributed by atoms with Crippen LogP contribution in [0.5, 0.6) is 0 Å². The van der Waals surface area contributed by atoms with Gasteiger partial charge in [-0.1, -0.05) is 20.8 Å². The van der Waals surface area contributed by atoms with E-state index in [1.54, 1.807) is 0 Å². The monoisotopic (exact) mass is 333 g/mol. The molecule has 2 rings (SSSR count). The third-order valence-electron chi connectivity index (χ3n) is 3.57. The lowest BCUT2D eigenvalue weighted by Gasteiger charge is -2.30. The topological polar surface area (TPSA) is 82.5 Å². The van der Waals surface area contributed by atoms with Crippen molar-refractivity contribution in [2.24, 2.45) is 5.92 Å². The second-order valence-corrected chi connectivity index (χ2v) is 8.97. The molecule has 0 amide bonds. The van der Waals surface area contributed by atoms with E-state index in [9.17, 15) is 13.5 Å². The quantitative estimate of drug-likeness (QED) is 0.880. The highest BCUT2D eigenvalue weighted by Gasteiger charge is 2.29. The van der Waals surface area contributed by atoms with Crippen LogP contribution in [0, 0.1) is 5.92 Å². The average molecular weight is 333 g/mol. The van der Waals surface area contributed by atoms with Gasteiger partial charge in [0, 0.05) is 30.5 Å². The van der Waals surface area contributed by atoms with Gasteiger partial charge >= 0.3 is 10.2 Å². The molecule has 0 saturated carbocycles. The Hall–Kier alpha value is -0.700. The number of aliphatic hydroxyl groups is 1. The fourth-order valence-corrected chi connectivity index (χ4v) is 4.70. The van der Waals surface area contributed by atoms with Gasteiger partial charge in [0.05, 0.1) is 5.69 Å². The van der Waals surface area contributed by atoms with Crippen LogP contribution in [0.3, 0.4) is 0 Å². The summed E-state index contributed by atoms with van der Waals surface area (Å²) < 4.78 is 28.7. The first-order valence-corrected chi connectivity index (χ1v) is 9.39. The predicted octanol–water partition coefficient (Wildman–Crippen LogP) is 1.80. The Labute approximate surface area is 130 Å². The summed E-state index contributed by atoms with van der Waals surface area (Å²) in [4.78, 5) is 4.35. The van der Waals surface area contributed by atoms with Gasteiger partial charge < -0.3 is 5.11 Å². The van der Waals surface area contributed by atoms with E-state index < -0.39 is 10.2 Å². The number of nitrogens with one attached hydrogen (secondary N) is 1. The van der Waals surface area contributed by atoms with E-state index in [0.717, 1.165) is 18.5 Å². The molecule has 8 heteroatoms. The predicted molar refractivity (Wildman–Crippen MR) is 84.7 cm³/mol. The summed E-state index contributed by atoms with van der Waals surface area (Å²) in [5, 5.41) is 11.5. The van der Waals surface area contributed by atoms with Crippen molar-refractivity contribution < 1.29 is 13.5 Å². The fourth-order valence-electron chi connectivity index (χ4n) is 2.23. The smallest absolute Gasteiger partial charge is 0.303 e. The number of thiazole rings is 1. The Kier molecular flexibility index (Phi) is 4.92. The molecule has 0 spiro atoms. The first-order chi connectivity index (χ1) is 9.72. The van der Waals surface area contributed by atoms with Crippen molar-refractivity contribution in [1.82, 2.24) is 9.29 Å². The third kappa shape index (κ3) is 4.15. The van der Waals surface area contributed by atoms with Crippen molar-refractivity contribution in [3.63, 3.8) is 0 Å². The molecule has 1 aromatic rings. The van der Waals surface area contributed by atoms with Crippen LogP contribution in [-0.4, -0.2) is 42.5 Å². The normalized spacial score (nSPS) is 21.4. The van der Waals surface area contributed by atoms with Gasteiger partial charge in [-0.2, -0.15) is 12.7 Å². The summed E-state index contributed by atoms with van der Waals surface area (Å²) in [6, 6.07) is 0. The number of aromatic nitrogens is 1. The van der Waals surface area contributed by atoms with Gasteiger partial charge in [0.2, 0.25) is 0 Å². The fraction of sp³-hybridized carbons (Fsp3) is 0.769. The zero-order valence-electron chi connectivity index (χ0n) is 12.7. The standard InChI is InChI=1S/C13H23N3O3S2/c1-13(2,3)11-9-20-12(14-11)15-21(18,19)16-6-4-5-10(7-16)8-17/h9-10,17H,4-8H2,1-3H3,(H,14,15). The number of hydrogen-bond donors (Lipinski definition) is 2. The minimum absolute atomic E-state index is 0.0248. The molecular formula is C13H23N3O3S2. The van der Waals surface area contributed by atoms with Gasteiger partial charge in [-0.3, -0.25) is 0 Å². The van der Waals surface area contributed by atoms with Crippen molar-refractivity contribution in [2.45, 2.75) is 39.0 Å². The summed E-state index contributed by atoms with van der Waals surface area (Å²) in [5.74, 6) is 0.0248. The van der Waals surface area contributed by atoms with Crippen molar-refractivity contribution in [3.05, 3.63) is 11.1 Å². The first kappa shape index (κ1) is 16.7. The zero-order chi connectivity index (χ0) is 15.7. The largest absolute Gasteiger partial charge is 0.396 e. The van der Waals surface area contributed by atoms with Crippen LogP contribution >= 0.6 is 11.3 Å². The second-order valence-electron chi connectivity index (χ2n) is 6.44. The number of rotatable bonds is 4. The van der Waals surface area contributed by atoms with Crippen LogP contribution in [0.25, 0.3) is 0 Å². The van der Waals surface area contributed by atoms with E-state index in [2.05, 4.69) is 9.71 Å². The van der Waals surface area contributed by atoms with Crippen molar-refractivity contribution in [3.8, 4) is 0 Å². The third-order valence-corrected chi connectivity index (χ3v) is 5.92. The van der Waals surface area contributed by atoms with Crippen LogP contribution in [0.15, 0.2) is 5.38 Å². The summed E-state index contributed by atoms with van der Waals surface area (Å²) >= 11 is 1.30. The van der Waals surface area contributed by atoms with E-state index in [1.165, 1.54) is 15.6 Å². The van der Waals surface area contributed by atoms with Gasteiger partial charge in [-0.05, 0) is 18.8 Å². The summed E-state index contributed by atoms with van der Waals surface area (Å²) in [7, 11) is -3.59. The van der Waals surface area contributed by atoms with Crippen molar-refractivity contribution in [2.75, 3.05) is 24.4 Å². The molecule has 1 unspecified atom stereocenters. The Morgan fingerprint density at radius 2 is 2.24 bits per heavy atom. The molecule has 21 heavy (non-hydrogen) atoms. The molecule has 1 fully saturated rings. The lowest BCUT2D eigenvalue weighted by atomic mass is 9.93. The molecule has 1 aliphatic rings. The average Bonchev–Trinajstić information content (AvgIpc) is 2.86. The van der Waals surface area contributed by atoms with Gasteiger partial charge in [0.1, 0.15) is 0 Å². The highest BCUT2D eigenvalue weighted by molar-refractivity contribution is 7.90. The Balaban J connectivity index is 2.08. The van der Waals surface area contributed by atoms with Gasteiger partial charge in [0.15, 0.2) is 5.13 Å². The molecule has 0 aromatic carbocycles. The summed E-state index contributed by atoms with van der Waals surface area (Å²) in [6.07, 6.45) is 1.64. The van der Waals surface area contributed by atoms with Gasteiger partial charge in [-0.15, -0.1) is 11.3 Å². The molecule has 1 aromatic heterocycles. The molecule has 2 heterocycles. The number of hydrogen-bond acceptors (Lipinski definition) is 5. The molecule has 0 bridgehead atoms. The minimum Gasteiger partial charge on any atom is -0.396 e. The number of aliphatic hydroxyl groups excluding tert-OH is 1. The van der Waals surface area contributed by atoms with E-state index in [-0.39, 0.29) is 17.9 Å². The molecular weight excluding hydrogens is 310 g/mol. The van der Waals surface area contributed by atoms with Crippen LogP contribution < -0.4 is 4.72 Å². The number of anilines is 1. The Bertz CT molecular complexity index is 578. The number of nitrogens with zero attached hydrogens (tertiary/aromatic N) is 2. The SMILES string of the molecule is CC(C)(C)c1csc(NS(=O)(=O)N2CCCC(CO)C2)n1. The van der Waals surface area contributed by atoms with Crippen molar-refractivity contribution in [1.29, 1.82) is 0 Å². The first-order valence-electron chi connectivity index (χ1n) is 7.07. The molecule has 120 valence electrons. The molecule has 1 saturated heterocycles. The Morgan fingerprint density at radius 3 is 2.81 bits per heavy atom. The maximum absolute atomic E-state index is 12.4. The summed E-state index contributed by atoms with van der Waals surface area (Å²) in [5.41, 5.74) is 0.768. The van der Waals surface area contributed by atoms with Gasteiger partial charge in [-0.25, -0.2) is 9.71 Å². The Morgan fingerprint density at radius 1 is 1.52 bits per heavy atom. The highest BCUT2D eigenvalue weighted by atomic mass is 32.2. The molecule has 2 N–H and O–H groups in total. The zero-order valence-corrected chi connectivity index (χ0v) is 14.3. The van der Waals surface area contributed by atoms with Crippen molar-refractivity contribution >= 4 is 26.7 Å². The maximum Gasteiger partial charge on any atom is 0.303 e. The maximum atomic E-state index is 12.4. The molecule has 0 radical (unpaired) electrons. The lowest BCUT2D eigenvalue weighted by Crippen LogP contribution is -2.43. The van der Waals surface area contributed by atoms with Crippen LogP contribution in [0.2, 0.25) is 0 Å². The number of piperidine rings is 1. The second kappa shape index (κ2) is 6.20. The highest BCUT2D eigenvalue weighted by Crippen LogP contribution is 2.28. The van der Waals surface area contributed by atoms with E-state index >= 15 is 0 Å². The van der Waals surface area contributed by atoms with Crippen LogP contribution in [0.1, 0.15) is 39.3 Å². The minimum atomic E-state index is -3.59. The van der Waals surface area contributed by atoms with E-state index in [0.29, 0.717) is 18.2 Å². The molecule has 1 aliphatic heterocycles. The summed E-state index contributed by atoms with van der Waals surface area (Å²) in [6.45, 7) is 6.99. The molecule has 0 aliphatic carbocycles. The van der Waals surface area contributed by atoms with E-state index in [4.69, 9.17) is 0 Å².